The Morgan fingerprint density at radius 3 is 2.72 bits per heavy atom. The molecular formula is C14H24ClN3. The van der Waals surface area contributed by atoms with Crippen LogP contribution >= 0.6 is 11.6 Å². The topological polar surface area (TPSA) is 28.2 Å². The van der Waals surface area contributed by atoms with Gasteiger partial charge in [-0.15, -0.1) is 0 Å². The van der Waals surface area contributed by atoms with Crippen molar-refractivity contribution >= 4 is 17.4 Å². The van der Waals surface area contributed by atoms with Crippen LogP contribution < -0.4 is 10.2 Å². The van der Waals surface area contributed by atoms with E-state index in [1.807, 2.05) is 19.3 Å². The first kappa shape index (κ1) is 15.3. The van der Waals surface area contributed by atoms with Crippen molar-refractivity contribution in [2.24, 2.45) is 0 Å². The van der Waals surface area contributed by atoms with E-state index < -0.39 is 0 Å². The highest BCUT2D eigenvalue weighted by molar-refractivity contribution is 6.33. The number of pyridine rings is 1. The molecule has 0 bridgehead atoms. The summed E-state index contributed by atoms with van der Waals surface area (Å²) >= 11 is 6.28. The molecule has 0 unspecified atom stereocenters. The van der Waals surface area contributed by atoms with Crippen LogP contribution in [-0.4, -0.2) is 25.1 Å². The summed E-state index contributed by atoms with van der Waals surface area (Å²) in [6, 6.07) is 2.01. The highest BCUT2D eigenvalue weighted by Gasteiger charge is 2.08. The molecule has 0 aliphatic heterocycles. The number of unbranched alkanes of at least 4 members (excludes halogenated alkanes) is 1. The third kappa shape index (κ3) is 4.83. The van der Waals surface area contributed by atoms with E-state index in [9.17, 15) is 0 Å². The smallest absolute Gasteiger partial charge is 0.147 e. The minimum absolute atomic E-state index is 0.740. The number of nitrogens with zero attached hydrogens (tertiary/aromatic N) is 2. The maximum atomic E-state index is 6.28. The normalized spacial score (nSPS) is 10.7. The zero-order chi connectivity index (χ0) is 13.4. The van der Waals surface area contributed by atoms with Crippen molar-refractivity contribution in [1.29, 1.82) is 0 Å². The standard InChI is InChI=1S/C14H24ClN3/c1-4-6-8-18(3)14-13(15)9-12(11-17-14)10-16-7-5-2/h9,11,16H,4-8,10H2,1-3H3. The van der Waals surface area contributed by atoms with Gasteiger partial charge in [-0.05, 0) is 31.0 Å². The van der Waals surface area contributed by atoms with Crippen molar-refractivity contribution in [2.75, 3.05) is 25.0 Å². The van der Waals surface area contributed by atoms with Gasteiger partial charge in [0, 0.05) is 26.3 Å². The average Bonchev–Trinajstić information content (AvgIpc) is 2.36. The van der Waals surface area contributed by atoms with E-state index >= 15 is 0 Å². The molecule has 18 heavy (non-hydrogen) atoms. The van der Waals surface area contributed by atoms with Gasteiger partial charge in [0.2, 0.25) is 0 Å². The Labute approximate surface area is 116 Å². The van der Waals surface area contributed by atoms with Crippen molar-refractivity contribution in [3.05, 3.63) is 22.8 Å². The molecule has 3 nitrogen and oxygen atoms in total. The van der Waals surface area contributed by atoms with E-state index in [2.05, 4.69) is 29.0 Å². The fourth-order valence-corrected chi connectivity index (χ4v) is 2.09. The van der Waals surface area contributed by atoms with Gasteiger partial charge >= 0.3 is 0 Å². The van der Waals surface area contributed by atoms with Gasteiger partial charge in [0.05, 0.1) is 5.02 Å². The molecule has 4 heteroatoms. The van der Waals surface area contributed by atoms with Gasteiger partial charge in [-0.25, -0.2) is 4.98 Å². The molecular weight excluding hydrogens is 246 g/mol. The molecule has 0 spiro atoms. The van der Waals surface area contributed by atoms with E-state index in [1.165, 1.54) is 6.42 Å². The van der Waals surface area contributed by atoms with Gasteiger partial charge in [-0.3, -0.25) is 0 Å². The molecule has 1 rings (SSSR count). The van der Waals surface area contributed by atoms with Crippen molar-refractivity contribution in [1.82, 2.24) is 10.3 Å². The van der Waals surface area contributed by atoms with Crippen molar-refractivity contribution in [3.63, 3.8) is 0 Å². The quantitative estimate of drug-likeness (QED) is 0.733. The second-order valence-corrected chi connectivity index (χ2v) is 5.01. The number of hydrogen-bond acceptors (Lipinski definition) is 3. The largest absolute Gasteiger partial charge is 0.358 e. The fourth-order valence-electron chi connectivity index (χ4n) is 1.76. The maximum absolute atomic E-state index is 6.28. The summed E-state index contributed by atoms with van der Waals surface area (Å²) in [7, 11) is 2.04. The average molecular weight is 270 g/mol. The third-order valence-electron chi connectivity index (χ3n) is 2.84. The van der Waals surface area contributed by atoms with Crippen LogP contribution in [-0.2, 0) is 6.54 Å². The van der Waals surface area contributed by atoms with Crippen LogP contribution in [0, 0.1) is 0 Å². The minimum Gasteiger partial charge on any atom is -0.358 e. The van der Waals surface area contributed by atoms with Crippen LogP contribution in [0.3, 0.4) is 0 Å². The van der Waals surface area contributed by atoms with Crippen molar-refractivity contribution < 1.29 is 0 Å². The zero-order valence-corrected chi connectivity index (χ0v) is 12.4. The van der Waals surface area contributed by atoms with Crippen LogP contribution in [0.4, 0.5) is 5.82 Å². The molecule has 1 N–H and O–H groups in total. The molecule has 0 aliphatic rings. The predicted octanol–water partition coefficient (Wildman–Crippen LogP) is 3.47. The number of anilines is 1. The molecule has 0 radical (unpaired) electrons. The number of nitrogens with one attached hydrogen (secondary N) is 1. The van der Waals surface area contributed by atoms with Gasteiger partial charge in [0.15, 0.2) is 0 Å². The van der Waals surface area contributed by atoms with Crippen molar-refractivity contribution in [2.45, 2.75) is 39.7 Å². The number of halogens is 1. The predicted molar refractivity (Wildman–Crippen MR) is 79.4 cm³/mol. The Kier molecular flexibility index (Phi) is 7.06. The van der Waals surface area contributed by atoms with Gasteiger partial charge < -0.3 is 10.2 Å². The molecule has 102 valence electrons. The molecule has 0 saturated heterocycles. The van der Waals surface area contributed by atoms with Gasteiger partial charge in [0.25, 0.3) is 0 Å². The summed E-state index contributed by atoms with van der Waals surface area (Å²) in [4.78, 5) is 6.58. The Hall–Kier alpha value is -0.800. The molecule has 1 aromatic heterocycles. The SMILES string of the molecule is CCCCN(C)c1ncc(CNCCC)cc1Cl. The van der Waals surface area contributed by atoms with Crippen LogP contribution in [0.15, 0.2) is 12.3 Å². The molecule has 0 atom stereocenters. The Balaban J connectivity index is 2.61. The van der Waals surface area contributed by atoms with Crippen LogP contribution in [0.25, 0.3) is 0 Å². The fraction of sp³-hybridized carbons (Fsp3) is 0.643. The Morgan fingerprint density at radius 2 is 2.11 bits per heavy atom. The molecule has 1 aromatic rings. The van der Waals surface area contributed by atoms with Crippen LogP contribution in [0.5, 0.6) is 0 Å². The molecule has 0 fully saturated rings. The lowest BCUT2D eigenvalue weighted by Crippen LogP contribution is -2.20. The zero-order valence-electron chi connectivity index (χ0n) is 11.7. The van der Waals surface area contributed by atoms with Gasteiger partial charge in [-0.2, -0.15) is 0 Å². The molecule has 0 amide bonds. The van der Waals surface area contributed by atoms with Crippen LogP contribution in [0.2, 0.25) is 5.02 Å². The third-order valence-corrected chi connectivity index (χ3v) is 3.12. The Morgan fingerprint density at radius 1 is 1.33 bits per heavy atom. The first-order chi connectivity index (χ1) is 8.69. The highest BCUT2D eigenvalue weighted by Crippen LogP contribution is 2.23. The number of aromatic nitrogens is 1. The number of hydrogen-bond donors (Lipinski definition) is 1. The summed E-state index contributed by atoms with van der Waals surface area (Å²) in [5, 5.41) is 4.09. The monoisotopic (exact) mass is 269 g/mol. The summed E-state index contributed by atoms with van der Waals surface area (Å²) in [6.07, 6.45) is 5.39. The second-order valence-electron chi connectivity index (χ2n) is 4.60. The molecule has 0 aliphatic carbocycles. The van der Waals surface area contributed by atoms with E-state index in [4.69, 9.17) is 11.6 Å². The summed E-state index contributed by atoms with van der Waals surface area (Å²) in [5.41, 5.74) is 1.14. The van der Waals surface area contributed by atoms with Gasteiger partial charge in [0.1, 0.15) is 5.82 Å². The minimum atomic E-state index is 0.740. The van der Waals surface area contributed by atoms with Gasteiger partial charge in [-0.1, -0.05) is 31.9 Å². The molecule has 0 saturated carbocycles. The second kappa shape index (κ2) is 8.33. The highest BCUT2D eigenvalue weighted by atomic mass is 35.5. The van der Waals surface area contributed by atoms with Crippen molar-refractivity contribution in [3.8, 4) is 0 Å². The summed E-state index contributed by atoms with van der Waals surface area (Å²) in [5.74, 6) is 0.879. The Bertz CT molecular complexity index is 355. The van der Waals surface area contributed by atoms with E-state index in [-0.39, 0.29) is 0 Å². The first-order valence-electron chi connectivity index (χ1n) is 6.75. The molecule has 1 heterocycles. The lowest BCUT2D eigenvalue weighted by molar-refractivity contribution is 0.673. The number of rotatable bonds is 8. The van der Waals surface area contributed by atoms with E-state index in [1.54, 1.807) is 0 Å². The first-order valence-corrected chi connectivity index (χ1v) is 7.13. The van der Waals surface area contributed by atoms with E-state index in [0.717, 1.165) is 48.9 Å². The summed E-state index contributed by atoms with van der Waals surface area (Å²) < 4.78 is 0. The summed E-state index contributed by atoms with van der Waals surface area (Å²) in [6.45, 7) is 7.20. The lowest BCUT2D eigenvalue weighted by atomic mass is 10.2. The van der Waals surface area contributed by atoms with E-state index in [0.29, 0.717) is 0 Å². The lowest BCUT2D eigenvalue weighted by Gasteiger charge is -2.19. The maximum Gasteiger partial charge on any atom is 0.147 e. The van der Waals surface area contributed by atoms with Crippen LogP contribution in [0.1, 0.15) is 38.7 Å². The molecule has 0 aromatic carbocycles.